The van der Waals surface area contributed by atoms with Crippen molar-refractivity contribution in [3.8, 4) is 5.88 Å². The highest BCUT2D eigenvalue weighted by atomic mass is 32.1. The summed E-state index contributed by atoms with van der Waals surface area (Å²) >= 11 is 5.26. The predicted octanol–water partition coefficient (Wildman–Crippen LogP) is 4.38. The zero-order chi connectivity index (χ0) is 23.0. The number of aliphatic imine (C=N–C) groups is 1. The molecular weight excluding hydrogens is 432 g/mol. The van der Waals surface area contributed by atoms with E-state index >= 15 is 0 Å². The molecule has 0 saturated carbocycles. The molecule has 1 fully saturated rings. The molecule has 0 atom stereocenters. The molecule has 6 nitrogen and oxygen atoms in total. The molecule has 1 aromatic heterocycles. The lowest BCUT2D eigenvalue weighted by Gasteiger charge is -2.31. The summed E-state index contributed by atoms with van der Waals surface area (Å²) in [7, 11) is 0. The van der Waals surface area contributed by atoms with E-state index in [9.17, 15) is 9.90 Å². The summed E-state index contributed by atoms with van der Waals surface area (Å²) in [4.78, 5) is 22.0. The van der Waals surface area contributed by atoms with Crippen molar-refractivity contribution < 1.29 is 5.11 Å². The first-order chi connectivity index (χ1) is 16.1. The van der Waals surface area contributed by atoms with Crippen LogP contribution in [-0.4, -0.2) is 45.4 Å². The van der Waals surface area contributed by atoms with Gasteiger partial charge in [0, 0.05) is 19.3 Å². The third-order valence-electron chi connectivity index (χ3n) is 6.23. The van der Waals surface area contributed by atoms with Crippen molar-refractivity contribution in [2.45, 2.75) is 32.4 Å². The minimum Gasteiger partial charge on any atom is -0.494 e. The smallest absolute Gasteiger partial charge is 0.264 e. The summed E-state index contributed by atoms with van der Waals surface area (Å²) in [5.41, 5.74) is 2.08. The normalized spacial score (nSPS) is 15.3. The van der Waals surface area contributed by atoms with Gasteiger partial charge in [-0.2, -0.15) is 0 Å². The lowest BCUT2D eigenvalue weighted by atomic mass is 9.93. The van der Waals surface area contributed by atoms with Crippen LogP contribution in [0, 0.1) is 10.7 Å². The number of nitrogens with zero attached hydrogens (tertiary/aromatic N) is 3. The van der Waals surface area contributed by atoms with Gasteiger partial charge in [0.25, 0.3) is 5.56 Å². The monoisotopic (exact) mass is 462 g/mol. The van der Waals surface area contributed by atoms with E-state index in [2.05, 4.69) is 45.2 Å². The van der Waals surface area contributed by atoms with Gasteiger partial charge in [-0.25, -0.2) is 0 Å². The highest BCUT2D eigenvalue weighted by molar-refractivity contribution is 7.71. The van der Waals surface area contributed by atoms with E-state index < -0.39 is 5.56 Å². The van der Waals surface area contributed by atoms with Crippen LogP contribution in [0.1, 0.15) is 36.0 Å². The van der Waals surface area contributed by atoms with Crippen molar-refractivity contribution in [2.75, 3.05) is 19.6 Å². The van der Waals surface area contributed by atoms with E-state index in [1.807, 2.05) is 30.3 Å². The van der Waals surface area contributed by atoms with Crippen molar-refractivity contribution in [1.82, 2.24) is 14.5 Å². The van der Waals surface area contributed by atoms with Crippen molar-refractivity contribution >= 4 is 18.4 Å². The molecule has 172 valence electrons. The number of aromatic amines is 1. The Kier molecular flexibility index (Phi) is 7.86. The van der Waals surface area contributed by atoms with Crippen molar-refractivity contribution in [3.63, 3.8) is 0 Å². The zero-order valence-corrected chi connectivity index (χ0v) is 19.5. The molecule has 2 aromatic carbocycles. The van der Waals surface area contributed by atoms with Crippen LogP contribution in [0.4, 0.5) is 0 Å². The minimum atomic E-state index is -0.417. The third kappa shape index (κ3) is 6.27. The second kappa shape index (κ2) is 11.2. The molecule has 1 aliphatic rings. The molecule has 1 saturated heterocycles. The molecule has 0 radical (unpaired) electrons. The average Bonchev–Trinajstić information content (AvgIpc) is 2.83. The number of aromatic hydroxyl groups is 1. The average molecular weight is 463 g/mol. The van der Waals surface area contributed by atoms with Gasteiger partial charge in [-0.1, -0.05) is 60.7 Å². The Morgan fingerprint density at radius 1 is 1.00 bits per heavy atom. The van der Waals surface area contributed by atoms with E-state index in [4.69, 9.17) is 12.2 Å². The quantitative estimate of drug-likeness (QED) is 0.385. The Bertz CT molecular complexity index is 1180. The molecule has 0 unspecified atom stereocenters. The Labute approximate surface area is 199 Å². The van der Waals surface area contributed by atoms with Gasteiger partial charge in [0.2, 0.25) is 5.88 Å². The second-order valence-electron chi connectivity index (χ2n) is 8.60. The summed E-state index contributed by atoms with van der Waals surface area (Å²) < 4.78 is 1.72. The Hall–Kier alpha value is -3.03. The van der Waals surface area contributed by atoms with Crippen molar-refractivity contribution in [3.05, 3.63) is 92.5 Å². The largest absolute Gasteiger partial charge is 0.494 e. The molecule has 0 aliphatic carbocycles. The summed E-state index contributed by atoms with van der Waals surface area (Å²) in [6.07, 6.45) is 4.79. The van der Waals surface area contributed by atoms with Gasteiger partial charge in [0.15, 0.2) is 4.77 Å². The standard InChI is InChI=1S/C26H30N4O2S/c31-24-23(25(32)30(26(33)28-24)19-22-9-5-2-6-10-22)17-27-14-11-20-12-15-29(16-13-20)18-21-7-3-1-4-8-21/h1-10,17,20,32H,11-16,18-19H2,(H,28,31,33). The number of likely N-dealkylation sites (tertiary alicyclic amines) is 1. The van der Waals surface area contributed by atoms with E-state index in [0.29, 0.717) is 19.0 Å². The molecule has 7 heteroatoms. The molecule has 0 amide bonds. The zero-order valence-electron chi connectivity index (χ0n) is 18.7. The van der Waals surface area contributed by atoms with E-state index in [-0.39, 0.29) is 16.2 Å². The van der Waals surface area contributed by atoms with Crippen LogP contribution in [0.2, 0.25) is 0 Å². The van der Waals surface area contributed by atoms with Gasteiger partial charge in [-0.15, -0.1) is 0 Å². The first kappa shape index (κ1) is 23.1. The van der Waals surface area contributed by atoms with Crippen LogP contribution in [0.5, 0.6) is 5.88 Å². The Morgan fingerprint density at radius 3 is 2.24 bits per heavy atom. The number of hydrogen-bond donors (Lipinski definition) is 2. The van der Waals surface area contributed by atoms with Crippen LogP contribution in [0.15, 0.2) is 70.5 Å². The van der Waals surface area contributed by atoms with Crippen LogP contribution in [0.3, 0.4) is 0 Å². The van der Waals surface area contributed by atoms with Gasteiger partial charge in [0.1, 0.15) is 5.56 Å². The SMILES string of the molecule is O=c1[nH]c(=S)n(Cc2ccccc2)c(O)c1C=NCCC1CCN(Cc2ccccc2)CC1. The van der Waals surface area contributed by atoms with Crippen LogP contribution >= 0.6 is 12.2 Å². The maximum atomic E-state index is 12.4. The minimum absolute atomic E-state index is 0.148. The number of nitrogens with one attached hydrogen (secondary N) is 1. The number of aromatic nitrogens is 2. The fraction of sp³-hybridized carbons (Fsp3) is 0.346. The summed E-state index contributed by atoms with van der Waals surface area (Å²) in [5.74, 6) is 0.490. The number of hydrogen-bond acceptors (Lipinski definition) is 5. The van der Waals surface area contributed by atoms with E-state index in [1.165, 1.54) is 16.3 Å². The topological polar surface area (TPSA) is 73.6 Å². The second-order valence-corrected chi connectivity index (χ2v) is 8.98. The van der Waals surface area contributed by atoms with Crippen molar-refractivity contribution in [1.29, 1.82) is 0 Å². The van der Waals surface area contributed by atoms with Gasteiger partial charge in [-0.3, -0.25) is 24.2 Å². The number of H-pyrrole nitrogens is 1. The number of rotatable bonds is 8. The maximum absolute atomic E-state index is 12.4. The third-order valence-corrected chi connectivity index (χ3v) is 6.56. The fourth-order valence-corrected chi connectivity index (χ4v) is 4.54. The fourth-order valence-electron chi connectivity index (χ4n) is 4.29. The van der Waals surface area contributed by atoms with Gasteiger partial charge in [-0.05, 0) is 61.6 Å². The molecular formula is C26H30N4O2S. The van der Waals surface area contributed by atoms with E-state index in [1.54, 1.807) is 0 Å². The highest BCUT2D eigenvalue weighted by Crippen LogP contribution is 2.22. The first-order valence-corrected chi connectivity index (χ1v) is 11.9. The predicted molar refractivity (Wildman–Crippen MR) is 135 cm³/mol. The molecule has 1 aliphatic heterocycles. The van der Waals surface area contributed by atoms with Crippen LogP contribution < -0.4 is 5.56 Å². The van der Waals surface area contributed by atoms with E-state index in [0.717, 1.165) is 44.5 Å². The molecule has 0 spiro atoms. The first-order valence-electron chi connectivity index (χ1n) is 11.5. The molecule has 4 rings (SSSR count). The van der Waals surface area contributed by atoms with Crippen LogP contribution in [0.25, 0.3) is 0 Å². The van der Waals surface area contributed by atoms with Crippen LogP contribution in [-0.2, 0) is 13.1 Å². The number of benzene rings is 2. The Morgan fingerprint density at radius 2 is 1.61 bits per heavy atom. The Balaban J connectivity index is 1.31. The summed E-state index contributed by atoms with van der Waals surface area (Å²) in [5, 5.41) is 10.7. The van der Waals surface area contributed by atoms with Gasteiger partial charge in [0.05, 0.1) is 6.54 Å². The maximum Gasteiger partial charge on any atom is 0.264 e. The summed E-state index contributed by atoms with van der Waals surface area (Å²) in [6.45, 7) is 4.23. The number of piperidine rings is 1. The molecule has 2 heterocycles. The highest BCUT2D eigenvalue weighted by Gasteiger charge is 2.19. The van der Waals surface area contributed by atoms with Crippen molar-refractivity contribution in [2.24, 2.45) is 10.9 Å². The van der Waals surface area contributed by atoms with Gasteiger partial charge >= 0.3 is 0 Å². The molecule has 3 aromatic rings. The lowest BCUT2D eigenvalue weighted by Crippen LogP contribution is -2.33. The molecule has 0 bridgehead atoms. The molecule has 2 N–H and O–H groups in total. The lowest BCUT2D eigenvalue weighted by molar-refractivity contribution is 0.173. The summed E-state index contributed by atoms with van der Waals surface area (Å²) in [6, 6.07) is 20.3. The van der Waals surface area contributed by atoms with Gasteiger partial charge < -0.3 is 5.11 Å². The molecule has 33 heavy (non-hydrogen) atoms.